The third kappa shape index (κ3) is 3.98. The number of carbonyl (C=O) groups is 1. The van der Waals surface area contributed by atoms with Gasteiger partial charge >= 0.3 is 6.03 Å². The molecule has 2 N–H and O–H groups in total. The second-order valence-electron chi connectivity index (χ2n) is 7.04. The second kappa shape index (κ2) is 7.83. The van der Waals surface area contributed by atoms with Gasteiger partial charge in [-0.15, -0.1) is 0 Å². The minimum atomic E-state index is 0.0234. The lowest BCUT2D eigenvalue weighted by atomic mass is 9.86. The van der Waals surface area contributed by atoms with Crippen LogP contribution in [0.25, 0.3) is 0 Å². The van der Waals surface area contributed by atoms with Crippen LogP contribution in [0.2, 0.25) is 0 Å². The molecule has 1 aromatic heterocycles. The number of aliphatic hydroxyl groups is 1. The molecule has 1 aromatic rings. The van der Waals surface area contributed by atoms with Crippen LogP contribution in [0.1, 0.15) is 32.1 Å². The van der Waals surface area contributed by atoms with E-state index in [2.05, 4.69) is 15.2 Å². The largest absolute Gasteiger partial charge is 0.396 e. The zero-order chi connectivity index (χ0) is 16.9. The lowest BCUT2D eigenvalue weighted by molar-refractivity contribution is 0.133. The highest BCUT2D eigenvalue weighted by atomic mass is 16.3. The Morgan fingerprint density at radius 3 is 2.79 bits per heavy atom. The summed E-state index contributed by atoms with van der Waals surface area (Å²) in [6.45, 7) is 2.01. The fourth-order valence-electron chi connectivity index (χ4n) is 3.78. The molecule has 2 heterocycles. The highest BCUT2D eigenvalue weighted by Gasteiger charge is 2.29. The van der Waals surface area contributed by atoms with Crippen LogP contribution < -0.4 is 10.2 Å². The molecule has 1 atom stereocenters. The van der Waals surface area contributed by atoms with E-state index in [9.17, 15) is 9.90 Å². The maximum absolute atomic E-state index is 12.5. The standard InChI is InChI=1S/C18H28N4O2/c1-21(16-7-5-14(13-23)6-8-16)18(24)20-15-9-11-22(12-15)17-4-2-3-10-19-17/h2-4,10,14-16,23H,5-9,11-13H2,1H3,(H,20,24). The van der Waals surface area contributed by atoms with E-state index in [4.69, 9.17) is 0 Å². The van der Waals surface area contributed by atoms with E-state index in [0.29, 0.717) is 12.0 Å². The number of aliphatic hydroxyl groups excluding tert-OH is 1. The van der Waals surface area contributed by atoms with Gasteiger partial charge in [0.2, 0.25) is 0 Å². The Hall–Kier alpha value is -1.82. The molecule has 2 fully saturated rings. The molecule has 3 rings (SSSR count). The summed E-state index contributed by atoms with van der Waals surface area (Å²) in [5, 5.41) is 12.4. The Kier molecular flexibility index (Phi) is 5.56. The Bertz CT molecular complexity index is 531. The molecule has 1 aliphatic heterocycles. The summed E-state index contributed by atoms with van der Waals surface area (Å²) < 4.78 is 0. The molecule has 6 heteroatoms. The first kappa shape index (κ1) is 17.0. The summed E-state index contributed by atoms with van der Waals surface area (Å²) in [5.41, 5.74) is 0. The average molecular weight is 332 g/mol. The Morgan fingerprint density at radius 1 is 1.33 bits per heavy atom. The predicted molar refractivity (Wildman–Crippen MR) is 94.0 cm³/mol. The number of urea groups is 1. The lowest BCUT2D eigenvalue weighted by Crippen LogP contribution is -2.49. The van der Waals surface area contributed by atoms with Crippen molar-refractivity contribution in [3.05, 3.63) is 24.4 Å². The van der Waals surface area contributed by atoms with Crippen molar-refractivity contribution in [3.8, 4) is 0 Å². The highest BCUT2D eigenvalue weighted by molar-refractivity contribution is 5.74. The van der Waals surface area contributed by atoms with Gasteiger partial charge in [-0.2, -0.15) is 0 Å². The van der Waals surface area contributed by atoms with E-state index in [1.165, 1.54) is 0 Å². The van der Waals surface area contributed by atoms with Crippen LogP contribution in [-0.2, 0) is 0 Å². The van der Waals surface area contributed by atoms with Gasteiger partial charge in [0, 0.05) is 45.0 Å². The van der Waals surface area contributed by atoms with Gasteiger partial charge in [0.15, 0.2) is 0 Å². The van der Waals surface area contributed by atoms with Crippen LogP contribution in [0, 0.1) is 5.92 Å². The molecule has 1 unspecified atom stereocenters. The van der Waals surface area contributed by atoms with E-state index in [0.717, 1.165) is 51.0 Å². The predicted octanol–water partition coefficient (Wildman–Crippen LogP) is 1.85. The van der Waals surface area contributed by atoms with Crippen molar-refractivity contribution >= 4 is 11.8 Å². The van der Waals surface area contributed by atoms with Gasteiger partial charge in [-0.1, -0.05) is 6.07 Å². The number of hydrogen-bond donors (Lipinski definition) is 2. The van der Waals surface area contributed by atoms with Gasteiger partial charge in [0.25, 0.3) is 0 Å². The second-order valence-corrected chi connectivity index (χ2v) is 7.04. The fourth-order valence-corrected chi connectivity index (χ4v) is 3.78. The van der Waals surface area contributed by atoms with Crippen molar-refractivity contribution in [1.82, 2.24) is 15.2 Å². The van der Waals surface area contributed by atoms with Crippen LogP contribution in [0.3, 0.4) is 0 Å². The van der Waals surface area contributed by atoms with Gasteiger partial charge in [-0.3, -0.25) is 0 Å². The minimum absolute atomic E-state index is 0.0234. The monoisotopic (exact) mass is 332 g/mol. The lowest BCUT2D eigenvalue weighted by Gasteiger charge is -2.34. The minimum Gasteiger partial charge on any atom is -0.396 e. The highest BCUT2D eigenvalue weighted by Crippen LogP contribution is 2.27. The third-order valence-corrected chi connectivity index (χ3v) is 5.43. The van der Waals surface area contributed by atoms with E-state index < -0.39 is 0 Å². The molecular weight excluding hydrogens is 304 g/mol. The van der Waals surface area contributed by atoms with E-state index in [1.54, 1.807) is 6.20 Å². The average Bonchev–Trinajstić information content (AvgIpc) is 3.10. The third-order valence-electron chi connectivity index (χ3n) is 5.43. The van der Waals surface area contributed by atoms with Crippen molar-refractivity contribution < 1.29 is 9.90 Å². The summed E-state index contributed by atoms with van der Waals surface area (Å²) in [7, 11) is 1.89. The van der Waals surface area contributed by atoms with Crippen molar-refractivity contribution in [1.29, 1.82) is 0 Å². The quantitative estimate of drug-likeness (QED) is 0.883. The fraction of sp³-hybridized carbons (Fsp3) is 0.667. The van der Waals surface area contributed by atoms with Gasteiger partial charge < -0.3 is 20.2 Å². The molecule has 0 aromatic carbocycles. The van der Waals surface area contributed by atoms with Crippen molar-refractivity contribution in [2.45, 2.75) is 44.2 Å². The van der Waals surface area contributed by atoms with E-state index in [-0.39, 0.29) is 18.7 Å². The van der Waals surface area contributed by atoms with Gasteiger partial charge in [0.1, 0.15) is 5.82 Å². The molecule has 0 radical (unpaired) electrons. The first-order chi connectivity index (χ1) is 11.7. The first-order valence-corrected chi connectivity index (χ1v) is 8.97. The number of aromatic nitrogens is 1. The number of amides is 2. The Morgan fingerprint density at radius 2 is 2.12 bits per heavy atom. The molecule has 24 heavy (non-hydrogen) atoms. The van der Waals surface area contributed by atoms with Crippen molar-refractivity contribution in [2.24, 2.45) is 5.92 Å². The summed E-state index contributed by atoms with van der Waals surface area (Å²) in [6, 6.07) is 6.41. The summed E-state index contributed by atoms with van der Waals surface area (Å²) in [5.74, 6) is 1.39. The molecule has 2 amide bonds. The van der Waals surface area contributed by atoms with E-state index in [1.807, 2.05) is 30.1 Å². The van der Waals surface area contributed by atoms with Gasteiger partial charge in [-0.25, -0.2) is 9.78 Å². The van der Waals surface area contributed by atoms with Crippen molar-refractivity contribution in [2.75, 3.05) is 31.6 Å². The Labute approximate surface area is 143 Å². The number of anilines is 1. The first-order valence-electron chi connectivity index (χ1n) is 8.97. The van der Waals surface area contributed by atoms with Crippen LogP contribution in [0.15, 0.2) is 24.4 Å². The van der Waals surface area contributed by atoms with E-state index >= 15 is 0 Å². The maximum Gasteiger partial charge on any atom is 0.317 e. The molecular formula is C18H28N4O2. The topological polar surface area (TPSA) is 68.7 Å². The number of nitrogens with zero attached hydrogens (tertiary/aromatic N) is 3. The maximum atomic E-state index is 12.5. The number of carbonyl (C=O) groups excluding carboxylic acids is 1. The number of rotatable bonds is 4. The smallest absolute Gasteiger partial charge is 0.317 e. The summed E-state index contributed by atoms with van der Waals surface area (Å²) in [6.07, 6.45) is 6.75. The summed E-state index contributed by atoms with van der Waals surface area (Å²) >= 11 is 0. The van der Waals surface area contributed by atoms with Crippen molar-refractivity contribution in [3.63, 3.8) is 0 Å². The van der Waals surface area contributed by atoms with Gasteiger partial charge in [0.05, 0.1) is 0 Å². The number of nitrogens with one attached hydrogen (secondary N) is 1. The molecule has 1 aliphatic carbocycles. The van der Waals surface area contributed by atoms with Crippen LogP contribution in [0.5, 0.6) is 0 Å². The Balaban J connectivity index is 1.47. The van der Waals surface area contributed by atoms with Crippen LogP contribution in [-0.4, -0.2) is 59.8 Å². The summed E-state index contributed by atoms with van der Waals surface area (Å²) in [4.78, 5) is 21.0. The SMILES string of the molecule is CN(C(=O)NC1CCN(c2ccccn2)C1)C1CCC(CO)CC1. The normalized spacial score (nSPS) is 27.1. The van der Waals surface area contributed by atoms with Gasteiger partial charge in [-0.05, 0) is 50.2 Å². The zero-order valence-corrected chi connectivity index (χ0v) is 14.4. The molecule has 6 nitrogen and oxygen atoms in total. The molecule has 2 aliphatic rings. The van der Waals surface area contributed by atoms with Crippen LogP contribution >= 0.6 is 0 Å². The molecule has 1 saturated heterocycles. The number of hydrogen-bond acceptors (Lipinski definition) is 4. The molecule has 0 bridgehead atoms. The molecule has 132 valence electrons. The zero-order valence-electron chi connectivity index (χ0n) is 14.4. The van der Waals surface area contributed by atoms with Crippen LogP contribution in [0.4, 0.5) is 10.6 Å². The number of pyridine rings is 1. The molecule has 1 saturated carbocycles. The molecule has 0 spiro atoms.